The largest absolute Gasteiger partial charge is 0.336 e. The summed E-state index contributed by atoms with van der Waals surface area (Å²) in [4.78, 5) is 13.8. The van der Waals surface area contributed by atoms with Crippen LogP contribution >= 0.6 is 11.3 Å². The summed E-state index contributed by atoms with van der Waals surface area (Å²) in [6, 6.07) is 1.62. The number of nitrogens with zero attached hydrogens (tertiary/aromatic N) is 2. The van der Waals surface area contributed by atoms with Crippen molar-refractivity contribution in [1.29, 1.82) is 0 Å². The Morgan fingerprint density at radius 3 is 2.67 bits per heavy atom. The highest BCUT2D eigenvalue weighted by Gasteiger charge is 2.32. The molecule has 0 bridgehead atoms. The number of piperazine rings is 1. The van der Waals surface area contributed by atoms with Gasteiger partial charge in [-0.15, -0.1) is 0 Å². The van der Waals surface area contributed by atoms with Crippen LogP contribution in [0.2, 0.25) is 0 Å². The summed E-state index contributed by atoms with van der Waals surface area (Å²) in [6.45, 7) is 3.10. The Morgan fingerprint density at radius 1 is 1.44 bits per heavy atom. The number of thiophene rings is 1. The van der Waals surface area contributed by atoms with Crippen molar-refractivity contribution in [1.82, 2.24) is 9.21 Å². The lowest BCUT2D eigenvalue weighted by molar-refractivity contribution is 0.0643. The molecule has 1 aliphatic heterocycles. The molecule has 18 heavy (non-hydrogen) atoms. The second-order valence-corrected chi connectivity index (χ2v) is 7.20. The lowest BCUT2D eigenvalue weighted by Crippen LogP contribution is -2.55. The monoisotopic (exact) mass is 288 g/mol. The van der Waals surface area contributed by atoms with Gasteiger partial charge >= 0.3 is 0 Å². The predicted molar refractivity (Wildman–Crippen MR) is 71.2 cm³/mol. The van der Waals surface area contributed by atoms with E-state index in [2.05, 4.69) is 0 Å². The van der Waals surface area contributed by atoms with Crippen molar-refractivity contribution in [2.24, 2.45) is 0 Å². The van der Waals surface area contributed by atoms with E-state index in [-0.39, 0.29) is 11.9 Å². The van der Waals surface area contributed by atoms with E-state index in [0.717, 1.165) is 0 Å². The van der Waals surface area contributed by atoms with Crippen molar-refractivity contribution in [3.63, 3.8) is 0 Å². The highest BCUT2D eigenvalue weighted by atomic mass is 32.2. The molecule has 1 aromatic rings. The third-order valence-electron chi connectivity index (χ3n) is 3.05. The van der Waals surface area contributed by atoms with E-state index in [1.54, 1.807) is 11.0 Å². The number of hydrogen-bond acceptors (Lipinski definition) is 4. The minimum atomic E-state index is -3.18. The number of hydrogen-bond donors (Lipinski definition) is 0. The molecule has 0 N–H and O–H groups in total. The SMILES string of the molecule is C[C@H]1CN(C(=O)c2ccsc2)CCN1S(C)(=O)=O. The Hall–Kier alpha value is -0.920. The van der Waals surface area contributed by atoms with Gasteiger partial charge in [0.05, 0.1) is 11.8 Å². The van der Waals surface area contributed by atoms with E-state index in [0.29, 0.717) is 25.2 Å². The first kappa shape index (κ1) is 13.5. The smallest absolute Gasteiger partial charge is 0.254 e. The van der Waals surface area contributed by atoms with Crippen LogP contribution in [0.25, 0.3) is 0 Å². The first-order chi connectivity index (χ1) is 8.39. The molecule has 100 valence electrons. The van der Waals surface area contributed by atoms with Crippen molar-refractivity contribution < 1.29 is 13.2 Å². The zero-order chi connectivity index (χ0) is 13.3. The molecular weight excluding hydrogens is 272 g/mol. The Balaban J connectivity index is 2.07. The quantitative estimate of drug-likeness (QED) is 0.811. The summed E-state index contributed by atoms with van der Waals surface area (Å²) in [5, 5.41) is 3.68. The van der Waals surface area contributed by atoms with Gasteiger partial charge in [-0.3, -0.25) is 4.79 Å². The minimum Gasteiger partial charge on any atom is -0.336 e. The molecule has 2 heterocycles. The molecule has 1 saturated heterocycles. The molecule has 1 fully saturated rings. The molecule has 5 nitrogen and oxygen atoms in total. The third-order valence-corrected chi connectivity index (χ3v) is 5.13. The van der Waals surface area contributed by atoms with Crippen LogP contribution in [0, 0.1) is 0 Å². The predicted octanol–water partition coefficient (Wildman–Crippen LogP) is 0.854. The van der Waals surface area contributed by atoms with E-state index in [4.69, 9.17) is 0 Å². The fourth-order valence-electron chi connectivity index (χ4n) is 2.19. The second-order valence-electron chi connectivity index (χ2n) is 4.49. The van der Waals surface area contributed by atoms with Crippen molar-refractivity contribution >= 4 is 27.3 Å². The van der Waals surface area contributed by atoms with Gasteiger partial charge in [0, 0.05) is 31.1 Å². The second kappa shape index (κ2) is 4.99. The normalized spacial score (nSPS) is 22.1. The van der Waals surface area contributed by atoms with Gasteiger partial charge in [0.15, 0.2) is 0 Å². The Bertz CT molecular complexity index is 524. The van der Waals surface area contributed by atoms with Gasteiger partial charge in [-0.05, 0) is 18.4 Å². The van der Waals surface area contributed by atoms with E-state index >= 15 is 0 Å². The van der Waals surface area contributed by atoms with Gasteiger partial charge in [-0.2, -0.15) is 15.6 Å². The fourth-order valence-corrected chi connectivity index (χ4v) is 3.95. The number of sulfonamides is 1. The Kier molecular flexibility index (Phi) is 3.74. The van der Waals surface area contributed by atoms with Crippen LogP contribution in [0.4, 0.5) is 0 Å². The number of amides is 1. The Morgan fingerprint density at radius 2 is 2.17 bits per heavy atom. The molecule has 0 saturated carbocycles. The molecule has 1 aromatic heterocycles. The zero-order valence-electron chi connectivity index (χ0n) is 10.4. The summed E-state index contributed by atoms with van der Waals surface area (Å²) >= 11 is 1.48. The first-order valence-electron chi connectivity index (χ1n) is 5.68. The van der Waals surface area contributed by atoms with Gasteiger partial charge < -0.3 is 4.90 Å². The lowest BCUT2D eigenvalue weighted by atomic mass is 10.2. The van der Waals surface area contributed by atoms with Crippen molar-refractivity contribution in [2.45, 2.75) is 13.0 Å². The van der Waals surface area contributed by atoms with E-state index in [9.17, 15) is 13.2 Å². The molecule has 1 aliphatic rings. The summed E-state index contributed by atoms with van der Waals surface area (Å²) in [5.41, 5.74) is 0.681. The maximum absolute atomic E-state index is 12.1. The Labute approximate surface area is 111 Å². The molecular formula is C11H16N2O3S2. The summed E-state index contributed by atoms with van der Waals surface area (Å²) in [6.07, 6.45) is 1.21. The summed E-state index contributed by atoms with van der Waals surface area (Å²) in [7, 11) is -3.18. The topological polar surface area (TPSA) is 57.7 Å². The average Bonchev–Trinajstić information content (AvgIpc) is 2.79. The molecule has 2 rings (SSSR count). The molecule has 0 spiro atoms. The van der Waals surface area contributed by atoms with E-state index in [1.165, 1.54) is 21.9 Å². The van der Waals surface area contributed by atoms with Crippen LogP contribution in [-0.4, -0.2) is 55.5 Å². The third kappa shape index (κ3) is 2.73. The van der Waals surface area contributed by atoms with Crippen molar-refractivity contribution in [3.8, 4) is 0 Å². The molecule has 7 heteroatoms. The van der Waals surface area contributed by atoms with Gasteiger partial charge in [0.25, 0.3) is 5.91 Å². The summed E-state index contributed by atoms with van der Waals surface area (Å²) in [5.74, 6) is -0.0174. The maximum atomic E-state index is 12.1. The van der Waals surface area contributed by atoms with Crippen LogP contribution in [0.1, 0.15) is 17.3 Å². The standard InChI is InChI=1S/C11H16N2O3S2/c1-9-7-12(4-5-13(9)18(2,15)16)11(14)10-3-6-17-8-10/h3,6,8-9H,4-5,7H2,1-2H3/t9-/m0/s1. The van der Waals surface area contributed by atoms with E-state index < -0.39 is 10.0 Å². The number of carbonyl (C=O) groups excluding carboxylic acids is 1. The first-order valence-corrected chi connectivity index (χ1v) is 8.47. The van der Waals surface area contributed by atoms with Gasteiger partial charge in [-0.25, -0.2) is 8.42 Å². The van der Waals surface area contributed by atoms with Gasteiger partial charge in [-0.1, -0.05) is 0 Å². The molecule has 1 amide bonds. The van der Waals surface area contributed by atoms with Crippen LogP contribution in [0.3, 0.4) is 0 Å². The van der Waals surface area contributed by atoms with Crippen LogP contribution < -0.4 is 0 Å². The lowest BCUT2D eigenvalue weighted by Gasteiger charge is -2.38. The number of rotatable bonds is 2. The van der Waals surface area contributed by atoms with Crippen LogP contribution in [0.5, 0.6) is 0 Å². The van der Waals surface area contributed by atoms with Crippen molar-refractivity contribution in [3.05, 3.63) is 22.4 Å². The minimum absolute atomic E-state index is 0.0174. The summed E-state index contributed by atoms with van der Waals surface area (Å²) < 4.78 is 24.5. The highest BCUT2D eigenvalue weighted by Crippen LogP contribution is 2.16. The fraction of sp³-hybridized carbons (Fsp3) is 0.545. The van der Waals surface area contributed by atoms with Crippen LogP contribution in [-0.2, 0) is 10.0 Å². The maximum Gasteiger partial charge on any atom is 0.254 e. The zero-order valence-corrected chi connectivity index (χ0v) is 12.0. The molecule has 0 aromatic carbocycles. The van der Waals surface area contributed by atoms with Gasteiger partial charge in [0.2, 0.25) is 10.0 Å². The molecule has 1 atom stereocenters. The van der Waals surface area contributed by atoms with Gasteiger partial charge in [0.1, 0.15) is 0 Å². The van der Waals surface area contributed by atoms with Crippen molar-refractivity contribution in [2.75, 3.05) is 25.9 Å². The molecule has 0 radical (unpaired) electrons. The highest BCUT2D eigenvalue weighted by molar-refractivity contribution is 7.88. The number of carbonyl (C=O) groups is 1. The molecule has 0 aliphatic carbocycles. The molecule has 0 unspecified atom stereocenters. The van der Waals surface area contributed by atoms with Crippen LogP contribution in [0.15, 0.2) is 16.8 Å². The average molecular weight is 288 g/mol. The van der Waals surface area contributed by atoms with E-state index in [1.807, 2.05) is 17.7 Å².